The monoisotopic (exact) mass is 218 g/mol. The lowest BCUT2D eigenvalue weighted by Gasteiger charge is -2.07. The van der Waals surface area contributed by atoms with Crippen LogP contribution in [-0.2, 0) is 0 Å². The first-order valence-corrected chi connectivity index (χ1v) is 4.75. The number of fused-ring (bicyclic) bond motifs is 1. The minimum absolute atomic E-state index is 0.402. The Morgan fingerprint density at radius 3 is 2.62 bits per heavy atom. The van der Waals surface area contributed by atoms with Gasteiger partial charge in [-0.3, -0.25) is 4.98 Å². The molecule has 4 heteroatoms. The lowest BCUT2D eigenvalue weighted by Crippen LogP contribution is -1.95. The summed E-state index contributed by atoms with van der Waals surface area (Å²) >= 11 is 0. The molecule has 0 N–H and O–H groups in total. The van der Waals surface area contributed by atoms with Gasteiger partial charge >= 0.3 is 0 Å². The summed E-state index contributed by atoms with van der Waals surface area (Å²) < 4.78 is 26.1. The van der Waals surface area contributed by atoms with Crippen molar-refractivity contribution in [1.29, 1.82) is 5.26 Å². The van der Waals surface area contributed by atoms with Crippen LogP contribution < -0.4 is 0 Å². The van der Waals surface area contributed by atoms with Crippen LogP contribution in [-0.4, -0.2) is 4.98 Å². The molecule has 2 aromatic rings. The van der Waals surface area contributed by atoms with Crippen LogP contribution in [0.1, 0.15) is 18.4 Å². The van der Waals surface area contributed by atoms with E-state index in [-0.39, 0.29) is 0 Å². The van der Waals surface area contributed by atoms with E-state index in [4.69, 9.17) is 5.26 Å². The molecule has 1 heterocycles. The molecule has 1 unspecified atom stereocenters. The maximum absolute atomic E-state index is 13.1. The van der Waals surface area contributed by atoms with Gasteiger partial charge in [0.05, 0.1) is 12.0 Å². The Kier molecular flexibility index (Phi) is 2.53. The third-order valence-electron chi connectivity index (χ3n) is 2.49. The van der Waals surface area contributed by atoms with Gasteiger partial charge in [0.15, 0.2) is 11.6 Å². The summed E-state index contributed by atoms with van der Waals surface area (Å²) in [7, 11) is 0. The van der Waals surface area contributed by atoms with Crippen LogP contribution in [0.15, 0.2) is 24.5 Å². The molecule has 0 amide bonds. The van der Waals surface area contributed by atoms with E-state index in [0.717, 1.165) is 12.1 Å². The van der Waals surface area contributed by atoms with Crippen LogP contribution in [0.3, 0.4) is 0 Å². The van der Waals surface area contributed by atoms with Crippen LogP contribution in [0, 0.1) is 23.0 Å². The van der Waals surface area contributed by atoms with Crippen LogP contribution in [0.25, 0.3) is 10.8 Å². The second kappa shape index (κ2) is 3.86. The highest BCUT2D eigenvalue weighted by atomic mass is 19.2. The number of rotatable bonds is 1. The normalized spacial score (nSPS) is 12.4. The van der Waals surface area contributed by atoms with E-state index in [9.17, 15) is 8.78 Å². The first-order valence-electron chi connectivity index (χ1n) is 4.75. The second-order valence-corrected chi connectivity index (χ2v) is 3.57. The summed E-state index contributed by atoms with van der Waals surface area (Å²) in [4.78, 5) is 3.91. The van der Waals surface area contributed by atoms with Gasteiger partial charge in [-0.2, -0.15) is 5.26 Å². The molecule has 1 aromatic heterocycles. The van der Waals surface area contributed by atoms with Crippen molar-refractivity contribution in [3.63, 3.8) is 0 Å². The van der Waals surface area contributed by atoms with E-state index in [2.05, 4.69) is 11.1 Å². The SMILES string of the molecule is CC(C#N)c1cncc2cc(F)c(F)cc12. The Hall–Kier alpha value is -2.02. The zero-order chi connectivity index (χ0) is 11.7. The largest absolute Gasteiger partial charge is 0.264 e. The van der Waals surface area contributed by atoms with E-state index in [0.29, 0.717) is 16.3 Å². The number of benzene rings is 1. The summed E-state index contributed by atoms with van der Waals surface area (Å²) in [6, 6.07) is 4.25. The van der Waals surface area contributed by atoms with Gasteiger partial charge in [-0.15, -0.1) is 0 Å². The van der Waals surface area contributed by atoms with Crippen molar-refractivity contribution in [2.45, 2.75) is 12.8 Å². The predicted octanol–water partition coefficient (Wildman–Crippen LogP) is 3.14. The summed E-state index contributed by atoms with van der Waals surface area (Å²) in [6.07, 6.45) is 2.96. The highest BCUT2D eigenvalue weighted by Crippen LogP contribution is 2.26. The predicted molar refractivity (Wildman–Crippen MR) is 55.7 cm³/mol. The molecular weight excluding hydrogens is 210 g/mol. The van der Waals surface area contributed by atoms with Gasteiger partial charge in [0.25, 0.3) is 0 Å². The third-order valence-corrected chi connectivity index (χ3v) is 2.49. The van der Waals surface area contributed by atoms with Gasteiger partial charge in [0.2, 0.25) is 0 Å². The zero-order valence-electron chi connectivity index (χ0n) is 8.54. The van der Waals surface area contributed by atoms with E-state index < -0.39 is 17.6 Å². The van der Waals surface area contributed by atoms with Gasteiger partial charge in [-0.05, 0) is 30.0 Å². The quantitative estimate of drug-likeness (QED) is 0.737. The van der Waals surface area contributed by atoms with Gasteiger partial charge < -0.3 is 0 Å². The number of hydrogen-bond acceptors (Lipinski definition) is 2. The maximum atomic E-state index is 13.1. The Labute approximate surface area is 91.2 Å². The highest BCUT2D eigenvalue weighted by Gasteiger charge is 2.12. The highest BCUT2D eigenvalue weighted by molar-refractivity contribution is 5.85. The number of pyridine rings is 1. The van der Waals surface area contributed by atoms with Crippen molar-refractivity contribution in [1.82, 2.24) is 4.98 Å². The summed E-state index contributed by atoms with van der Waals surface area (Å²) in [5.74, 6) is -2.22. The zero-order valence-corrected chi connectivity index (χ0v) is 8.54. The first kappa shape index (κ1) is 10.5. The van der Waals surface area contributed by atoms with Gasteiger partial charge in [0, 0.05) is 17.8 Å². The van der Waals surface area contributed by atoms with Crippen molar-refractivity contribution in [2.75, 3.05) is 0 Å². The number of halogens is 2. The molecule has 80 valence electrons. The lowest BCUT2D eigenvalue weighted by molar-refractivity contribution is 0.511. The Balaban J connectivity index is 2.78. The van der Waals surface area contributed by atoms with Crippen LogP contribution in [0.4, 0.5) is 8.78 Å². The van der Waals surface area contributed by atoms with Crippen molar-refractivity contribution in [3.8, 4) is 6.07 Å². The summed E-state index contributed by atoms with van der Waals surface area (Å²) in [5.41, 5.74) is 0.610. The van der Waals surface area contributed by atoms with E-state index in [1.54, 1.807) is 6.92 Å². The first-order chi connectivity index (χ1) is 7.63. The number of aromatic nitrogens is 1. The molecule has 0 radical (unpaired) electrons. The molecule has 0 fully saturated rings. The Morgan fingerprint density at radius 2 is 1.94 bits per heavy atom. The fourth-order valence-corrected chi connectivity index (χ4v) is 1.60. The average molecular weight is 218 g/mol. The standard InChI is InChI=1S/C12H8F2N2/c1-7(4-15)10-6-16-5-8-2-11(13)12(14)3-9(8)10/h2-3,5-7H,1H3. The van der Waals surface area contributed by atoms with E-state index in [1.165, 1.54) is 12.4 Å². The molecule has 0 aliphatic heterocycles. The molecule has 0 bridgehead atoms. The fraction of sp³-hybridized carbons (Fsp3) is 0.167. The maximum Gasteiger partial charge on any atom is 0.159 e. The number of hydrogen-bond donors (Lipinski definition) is 0. The topological polar surface area (TPSA) is 36.7 Å². The van der Waals surface area contributed by atoms with E-state index in [1.807, 2.05) is 0 Å². The van der Waals surface area contributed by atoms with Crippen molar-refractivity contribution in [3.05, 3.63) is 41.7 Å². The molecule has 0 saturated heterocycles. The van der Waals surface area contributed by atoms with Crippen molar-refractivity contribution < 1.29 is 8.78 Å². The smallest absolute Gasteiger partial charge is 0.159 e. The molecule has 16 heavy (non-hydrogen) atoms. The Morgan fingerprint density at radius 1 is 1.25 bits per heavy atom. The Bertz CT molecular complexity index is 587. The molecule has 0 spiro atoms. The van der Waals surface area contributed by atoms with Crippen molar-refractivity contribution in [2.24, 2.45) is 0 Å². The van der Waals surface area contributed by atoms with Gasteiger partial charge in [-0.1, -0.05) is 0 Å². The molecule has 1 atom stereocenters. The molecule has 0 aliphatic rings. The fourth-order valence-electron chi connectivity index (χ4n) is 1.60. The van der Waals surface area contributed by atoms with Gasteiger partial charge in [-0.25, -0.2) is 8.78 Å². The van der Waals surface area contributed by atoms with Gasteiger partial charge in [0.1, 0.15) is 0 Å². The van der Waals surface area contributed by atoms with Crippen LogP contribution in [0.2, 0.25) is 0 Å². The minimum Gasteiger partial charge on any atom is -0.264 e. The number of nitrogens with zero attached hydrogens (tertiary/aromatic N) is 2. The molecule has 2 rings (SSSR count). The molecule has 0 saturated carbocycles. The van der Waals surface area contributed by atoms with Crippen molar-refractivity contribution >= 4 is 10.8 Å². The van der Waals surface area contributed by atoms with Crippen LogP contribution in [0.5, 0.6) is 0 Å². The summed E-state index contributed by atoms with van der Waals surface area (Å²) in [6.45, 7) is 1.69. The third kappa shape index (κ3) is 1.61. The molecule has 2 nitrogen and oxygen atoms in total. The second-order valence-electron chi connectivity index (χ2n) is 3.57. The lowest BCUT2D eigenvalue weighted by atomic mass is 9.98. The molecular formula is C12H8F2N2. The minimum atomic E-state index is -0.912. The van der Waals surface area contributed by atoms with E-state index >= 15 is 0 Å². The molecule has 1 aromatic carbocycles. The average Bonchev–Trinajstić information content (AvgIpc) is 2.29. The summed E-state index contributed by atoms with van der Waals surface area (Å²) in [5, 5.41) is 9.86. The van der Waals surface area contributed by atoms with Crippen LogP contribution >= 0.6 is 0 Å². The number of nitriles is 1. The molecule has 0 aliphatic carbocycles.